The molecule has 72 heavy (non-hydrogen) atoms. The van der Waals surface area contributed by atoms with Crippen molar-refractivity contribution < 1.29 is 44.9 Å². The van der Waals surface area contributed by atoms with E-state index in [1.54, 1.807) is 48.8 Å². The van der Waals surface area contributed by atoms with Crippen molar-refractivity contribution in [2.45, 2.75) is 93.7 Å². The number of aromatic nitrogens is 2. The highest BCUT2D eigenvalue weighted by Gasteiger charge is 2.57. The monoisotopic (exact) mass is 973 g/mol. The number of phenolic OH excluding ortho intramolecular Hbond substituents is 4. The van der Waals surface area contributed by atoms with Gasteiger partial charge in [0.25, 0.3) is 0 Å². The maximum Gasteiger partial charge on any atom is 0.200 e. The number of aryl methyl sites for hydroxylation is 1. The number of hydrogen-bond acceptors (Lipinski definition) is 12. The van der Waals surface area contributed by atoms with E-state index in [1.165, 1.54) is 13.2 Å². The first-order valence-corrected chi connectivity index (χ1v) is 25.3. The van der Waals surface area contributed by atoms with Gasteiger partial charge in [0.1, 0.15) is 17.4 Å². The Morgan fingerprint density at radius 2 is 1.86 bits per heavy atom. The van der Waals surface area contributed by atoms with E-state index < -0.39 is 40.8 Å². The van der Waals surface area contributed by atoms with Crippen LogP contribution in [0.2, 0.25) is 0 Å². The second kappa shape index (κ2) is 20.0. The predicted molar refractivity (Wildman–Crippen MR) is 277 cm³/mol. The van der Waals surface area contributed by atoms with Crippen LogP contribution in [0.25, 0.3) is 16.8 Å². The second-order valence-electron chi connectivity index (χ2n) is 20.9. The van der Waals surface area contributed by atoms with Gasteiger partial charge in [-0.2, -0.15) is 11.9 Å². The molecule has 1 saturated carbocycles. The number of likely N-dealkylation sites (N-methyl/N-ethyl adjacent to an activating group) is 1. The van der Waals surface area contributed by atoms with Crippen LogP contribution >= 0.6 is 0 Å². The minimum absolute atomic E-state index is 0.00849. The van der Waals surface area contributed by atoms with E-state index in [0.717, 1.165) is 57.2 Å². The van der Waals surface area contributed by atoms with Gasteiger partial charge >= 0.3 is 0 Å². The van der Waals surface area contributed by atoms with E-state index in [0.29, 0.717) is 61.7 Å². The Balaban J connectivity index is 1.18. The molecule has 3 heterocycles. The molecule has 376 valence electrons. The van der Waals surface area contributed by atoms with Crippen LogP contribution < -0.4 is 25.1 Å². The number of methoxy groups -OCH3 is 1. The number of nitrogens with zero attached hydrogens (tertiary/aromatic N) is 2. The van der Waals surface area contributed by atoms with Crippen LogP contribution in [-0.2, 0) is 28.5 Å². The first-order chi connectivity index (χ1) is 34.8. The highest BCUT2D eigenvalue weighted by molar-refractivity contribution is 6.01. The quantitative estimate of drug-likeness (QED) is 0.0402. The molecule has 2 bridgehead atoms. The SMILES string of the molecule is CNC[C@@]12C=Cc3cc(O)cc4ccc(c1c34)Nc1cc(ccn1)[C@]1(CC[C@@H](O)[C@H]1Cc1ccc[n-]1)[C@@H]([C@H](O)CCc1ccc(O)c(OC)c1)C(=O)C[C@H](c1cc(O)c(O)c(OC[C@@H]3C=CC[C@H](C)C3)c1)C2. The summed E-state index contributed by atoms with van der Waals surface area (Å²) in [6.07, 6.45) is 13.5. The van der Waals surface area contributed by atoms with E-state index in [9.17, 15) is 30.6 Å². The van der Waals surface area contributed by atoms with E-state index in [-0.39, 0.29) is 59.9 Å². The Hall–Kier alpha value is -6.80. The third-order valence-corrected chi connectivity index (χ3v) is 16.3. The van der Waals surface area contributed by atoms with Gasteiger partial charge in [0.2, 0.25) is 5.75 Å². The van der Waals surface area contributed by atoms with E-state index in [2.05, 4.69) is 40.8 Å². The molecule has 9 atom stereocenters. The maximum atomic E-state index is 16.4. The first kappa shape index (κ1) is 48.8. The number of rotatable bonds is 13. The number of nitrogens with one attached hydrogen (secondary N) is 2. The summed E-state index contributed by atoms with van der Waals surface area (Å²) in [6, 6.07) is 23.5. The average molecular weight is 974 g/mol. The molecule has 3 aliphatic carbocycles. The average Bonchev–Trinajstić information content (AvgIpc) is 4.00. The number of anilines is 2. The molecule has 2 aromatic heterocycles. The number of ketones is 1. The Morgan fingerprint density at radius 3 is 2.65 bits per heavy atom. The van der Waals surface area contributed by atoms with Crippen molar-refractivity contribution in [3.05, 3.63) is 143 Å². The second-order valence-corrected chi connectivity index (χ2v) is 20.9. The maximum absolute atomic E-state index is 16.4. The van der Waals surface area contributed by atoms with Crippen LogP contribution in [-0.4, -0.2) is 80.9 Å². The normalized spacial score (nSPS) is 26.2. The van der Waals surface area contributed by atoms with Crippen LogP contribution in [0.5, 0.6) is 34.5 Å². The molecular formula is C59H65N4O9-. The zero-order valence-corrected chi connectivity index (χ0v) is 41.1. The summed E-state index contributed by atoms with van der Waals surface area (Å²) in [7, 11) is 3.37. The van der Waals surface area contributed by atoms with E-state index in [4.69, 9.17) is 14.5 Å². The fourth-order valence-electron chi connectivity index (χ4n) is 13.0. The van der Waals surface area contributed by atoms with Gasteiger partial charge in [0.05, 0.1) is 31.8 Å². The molecule has 1 aliphatic heterocycles. The molecule has 6 aromatic rings. The lowest BCUT2D eigenvalue weighted by atomic mass is 9.58. The molecule has 0 radical (unpaired) electrons. The largest absolute Gasteiger partial charge is 0.668 e. The fourth-order valence-corrected chi connectivity index (χ4v) is 13.0. The lowest BCUT2D eigenvalue weighted by Crippen LogP contribution is -2.51. The van der Waals surface area contributed by atoms with Crippen molar-refractivity contribution in [3.8, 4) is 34.5 Å². The Bertz CT molecular complexity index is 3030. The zero-order chi connectivity index (χ0) is 50.3. The number of fused-ring (bicyclic) bond motifs is 3. The molecule has 8 N–H and O–H groups in total. The number of allylic oxidation sites excluding steroid dienone is 1. The number of Topliss-reactive ketones (excluding diaryl/α,β-unsaturated/α-hetero) is 1. The molecule has 0 amide bonds. The van der Waals surface area contributed by atoms with Crippen molar-refractivity contribution in [1.29, 1.82) is 0 Å². The van der Waals surface area contributed by atoms with Gasteiger partial charge in [-0.05, 0) is 169 Å². The molecule has 1 fully saturated rings. The number of aliphatic hydroxyl groups is 2. The number of ether oxygens (including phenoxy) is 2. The van der Waals surface area contributed by atoms with Crippen LogP contribution in [0.15, 0.2) is 109 Å². The summed E-state index contributed by atoms with van der Waals surface area (Å²) >= 11 is 0. The number of aliphatic hydroxyl groups excluding tert-OH is 2. The van der Waals surface area contributed by atoms with Crippen LogP contribution in [0.3, 0.4) is 0 Å². The molecular weight excluding hydrogens is 909 g/mol. The number of aromatic hydroxyl groups is 4. The van der Waals surface area contributed by atoms with Gasteiger partial charge in [-0.3, -0.25) is 4.79 Å². The Kier molecular flexibility index (Phi) is 13.6. The van der Waals surface area contributed by atoms with Crippen LogP contribution in [0.1, 0.15) is 91.3 Å². The van der Waals surface area contributed by atoms with Gasteiger partial charge in [-0.25, -0.2) is 4.98 Å². The van der Waals surface area contributed by atoms with Gasteiger partial charge < -0.3 is 55.7 Å². The first-order valence-electron chi connectivity index (χ1n) is 25.3. The summed E-state index contributed by atoms with van der Waals surface area (Å²) in [5.74, 6) is -1.65. The van der Waals surface area contributed by atoms with E-state index >= 15 is 4.79 Å². The van der Waals surface area contributed by atoms with Crippen molar-refractivity contribution in [2.24, 2.45) is 23.7 Å². The number of benzene rings is 4. The number of pyridine rings is 1. The lowest BCUT2D eigenvalue weighted by molar-refractivity contribution is -0.132. The van der Waals surface area contributed by atoms with E-state index in [1.807, 2.05) is 49.5 Å². The number of phenols is 4. The summed E-state index contributed by atoms with van der Waals surface area (Å²) in [6.45, 7) is 2.90. The highest BCUT2D eigenvalue weighted by atomic mass is 16.5. The highest BCUT2D eigenvalue weighted by Crippen LogP contribution is 2.57. The summed E-state index contributed by atoms with van der Waals surface area (Å²) < 4.78 is 11.8. The van der Waals surface area contributed by atoms with Crippen LogP contribution in [0.4, 0.5) is 11.5 Å². The standard InChI is InChI=1S/C59H65N4O9/c1-34-6-4-7-36(22-34)32-72-52-28-39(26-50(69)57(52)70)40-27-49(68)56(48(67)14-10-35-9-13-47(66)51(23-35)71-3)59(19-16-46(65)44(59)30-42-8-5-20-61-42)41-17-21-62-53(29-41)63-45-12-11-37-24-43(64)25-38-15-18-58(31-40,33-60-2)55(45)54(37)38/h4-5,7-9,11-13,15,17-18,20-21,23-26,28-29,34,36,40,44,46,48,56,60,64-67,69-70H,6,10,14,16,19,22,27,30-33H2,1-3H3,(H,62,63)/q-1/t34-,36+,40-,44+,46+,48+,56-,58-,59-/m0/s1. The summed E-state index contributed by atoms with van der Waals surface area (Å²) in [5.41, 5.74) is 3.44. The molecule has 13 heteroatoms. The summed E-state index contributed by atoms with van der Waals surface area (Å²) in [4.78, 5) is 26.0. The number of carbonyl (C=O) groups excluding carboxylic acids is 1. The Labute approximate surface area is 420 Å². The minimum atomic E-state index is -1.23. The zero-order valence-electron chi connectivity index (χ0n) is 41.1. The third kappa shape index (κ3) is 9.18. The van der Waals surface area contributed by atoms with Crippen LogP contribution in [0, 0.1) is 23.7 Å². The van der Waals surface area contributed by atoms with Crippen molar-refractivity contribution in [3.63, 3.8) is 0 Å². The molecule has 4 aliphatic rings. The predicted octanol–water partition coefficient (Wildman–Crippen LogP) is 9.24. The molecule has 13 nitrogen and oxygen atoms in total. The number of hydrogen-bond donors (Lipinski definition) is 8. The molecule has 10 rings (SSSR count). The molecule has 0 unspecified atom stereocenters. The van der Waals surface area contributed by atoms with Gasteiger partial charge in [0.15, 0.2) is 23.0 Å². The minimum Gasteiger partial charge on any atom is -0.668 e. The lowest BCUT2D eigenvalue weighted by Gasteiger charge is -2.46. The third-order valence-electron chi connectivity index (χ3n) is 16.3. The number of carbonyl (C=O) groups is 1. The van der Waals surface area contributed by atoms with Crippen molar-refractivity contribution in [1.82, 2.24) is 15.3 Å². The molecule has 4 aromatic carbocycles. The topological polar surface area (TPSA) is 208 Å². The van der Waals surface area contributed by atoms with Gasteiger partial charge in [-0.15, -0.1) is 0 Å². The van der Waals surface area contributed by atoms with Gasteiger partial charge in [-0.1, -0.05) is 55.5 Å². The molecule has 1 spiro atoms. The smallest absolute Gasteiger partial charge is 0.200 e. The van der Waals surface area contributed by atoms with Crippen molar-refractivity contribution in [2.75, 3.05) is 32.6 Å². The van der Waals surface area contributed by atoms with Crippen molar-refractivity contribution >= 4 is 34.1 Å². The molecule has 0 saturated heterocycles. The summed E-state index contributed by atoms with van der Waals surface area (Å²) in [5, 5.41) is 78.7. The Morgan fingerprint density at radius 1 is 1.00 bits per heavy atom. The fraction of sp³-hybridized carbons (Fsp3) is 0.390. The van der Waals surface area contributed by atoms with Gasteiger partial charge in [0, 0.05) is 41.6 Å².